The van der Waals surface area contributed by atoms with Crippen LogP contribution in [0.1, 0.15) is 0 Å². The van der Waals surface area contributed by atoms with E-state index in [2.05, 4.69) is 36.4 Å². The molecule has 0 aliphatic rings. The quantitative estimate of drug-likeness (QED) is 0.392. The summed E-state index contributed by atoms with van der Waals surface area (Å²) >= 11 is 4.57. The lowest BCUT2D eigenvalue weighted by Crippen LogP contribution is -2.15. The fraction of sp³-hybridized carbons (Fsp3) is 0.0476. The first-order valence-corrected chi connectivity index (χ1v) is 10.7. The van der Waals surface area contributed by atoms with Crippen LogP contribution >= 0.6 is 27.7 Å². The predicted octanol–water partition coefficient (Wildman–Crippen LogP) is 4.96. The molecule has 1 N–H and O–H groups in total. The number of aromatic nitrogens is 4. The number of pyridine rings is 1. The van der Waals surface area contributed by atoms with Crippen molar-refractivity contribution in [3.63, 3.8) is 0 Å². The number of para-hydroxylation sites is 1. The second kappa shape index (κ2) is 9.19. The predicted molar refractivity (Wildman–Crippen MR) is 118 cm³/mol. The molecule has 0 radical (unpaired) electrons. The monoisotopic (exact) mass is 483 g/mol. The molecular weight excluding hydrogens is 469 g/mol. The number of carbonyl (C=O) groups excluding carboxylic acids is 1. The van der Waals surface area contributed by atoms with E-state index in [0.29, 0.717) is 16.8 Å². The van der Waals surface area contributed by atoms with E-state index in [1.807, 2.05) is 34.9 Å². The average Bonchev–Trinajstić information content (AvgIpc) is 3.19. The number of hydrogen-bond acceptors (Lipinski definition) is 5. The van der Waals surface area contributed by atoms with Gasteiger partial charge < -0.3 is 5.32 Å². The van der Waals surface area contributed by atoms with Gasteiger partial charge in [-0.3, -0.25) is 9.36 Å². The van der Waals surface area contributed by atoms with Crippen LogP contribution in [0.2, 0.25) is 0 Å². The highest BCUT2D eigenvalue weighted by Crippen LogP contribution is 2.28. The molecule has 0 aliphatic carbocycles. The van der Waals surface area contributed by atoms with E-state index in [0.717, 1.165) is 15.7 Å². The fourth-order valence-corrected chi connectivity index (χ4v) is 3.70. The molecule has 0 spiro atoms. The van der Waals surface area contributed by atoms with Crippen molar-refractivity contribution in [2.24, 2.45) is 0 Å². The Balaban J connectivity index is 1.57. The molecular formula is C21H15BrFN5OS. The van der Waals surface area contributed by atoms with Gasteiger partial charge in [-0.15, -0.1) is 10.2 Å². The van der Waals surface area contributed by atoms with Gasteiger partial charge in [0.05, 0.1) is 5.75 Å². The Labute approximate surface area is 184 Å². The van der Waals surface area contributed by atoms with Crippen molar-refractivity contribution in [2.75, 3.05) is 11.1 Å². The third-order valence-electron chi connectivity index (χ3n) is 4.08. The van der Waals surface area contributed by atoms with Crippen molar-refractivity contribution < 1.29 is 9.18 Å². The number of benzene rings is 2. The molecule has 0 bridgehead atoms. The lowest BCUT2D eigenvalue weighted by molar-refractivity contribution is -0.113. The van der Waals surface area contributed by atoms with E-state index in [4.69, 9.17) is 0 Å². The molecule has 6 nitrogen and oxygen atoms in total. The van der Waals surface area contributed by atoms with Gasteiger partial charge in [0.2, 0.25) is 5.91 Å². The highest BCUT2D eigenvalue weighted by molar-refractivity contribution is 9.10. The lowest BCUT2D eigenvalue weighted by atomic mass is 10.2. The molecule has 2 aromatic heterocycles. The third-order valence-corrected chi connectivity index (χ3v) is 5.48. The molecule has 9 heteroatoms. The van der Waals surface area contributed by atoms with Gasteiger partial charge >= 0.3 is 0 Å². The number of thioether (sulfide) groups is 1. The van der Waals surface area contributed by atoms with Crippen LogP contribution in [0.3, 0.4) is 0 Å². The van der Waals surface area contributed by atoms with Crippen LogP contribution in [0.5, 0.6) is 0 Å². The van der Waals surface area contributed by atoms with E-state index < -0.39 is 0 Å². The number of nitrogens with one attached hydrogen (secondary N) is 1. The number of anilines is 1. The van der Waals surface area contributed by atoms with Gasteiger partial charge in [0, 0.05) is 21.9 Å². The summed E-state index contributed by atoms with van der Waals surface area (Å²) in [5.41, 5.74) is 1.57. The standard InChI is InChI=1S/C21H15BrFN5OS/c22-15-8-11-18(24-12-15)25-19(29)13-30-21-27-26-20(14-6-9-16(23)10-7-14)28(21)17-4-2-1-3-5-17/h1-12H,13H2,(H,24,25,29). The fourth-order valence-electron chi connectivity index (χ4n) is 2.72. The highest BCUT2D eigenvalue weighted by Gasteiger charge is 2.17. The molecule has 2 aromatic carbocycles. The molecule has 150 valence electrons. The van der Waals surface area contributed by atoms with Crippen molar-refractivity contribution in [2.45, 2.75) is 5.16 Å². The Morgan fingerprint density at radius 3 is 2.50 bits per heavy atom. The molecule has 0 saturated carbocycles. The van der Waals surface area contributed by atoms with Gasteiger partial charge in [0.1, 0.15) is 11.6 Å². The van der Waals surface area contributed by atoms with Gasteiger partial charge in [0.25, 0.3) is 0 Å². The topological polar surface area (TPSA) is 72.7 Å². The van der Waals surface area contributed by atoms with Crippen molar-refractivity contribution >= 4 is 39.4 Å². The number of amides is 1. The Morgan fingerprint density at radius 1 is 1.03 bits per heavy atom. The molecule has 0 aliphatic heterocycles. The number of rotatable bonds is 6. The zero-order valence-corrected chi connectivity index (χ0v) is 17.9. The number of nitrogens with zero attached hydrogens (tertiary/aromatic N) is 4. The van der Waals surface area contributed by atoms with Gasteiger partial charge in [-0.25, -0.2) is 9.37 Å². The van der Waals surface area contributed by atoms with E-state index >= 15 is 0 Å². The summed E-state index contributed by atoms with van der Waals surface area (Å²) in [4.78, 5) is 16.5. The Kier molecular flexibility index (Phi) is 6.20. The van der Waals surface area contributed by atoms with Crippen LogP contribution < -0.4 is 5.32 Å². The maximum absolute atomic E-state index is 13.3. The Hall–Kier alpha value is -3.04. The highest BCUT2D eigenvalue weighted by atomic mass is 79.9. The molecule has 0 saturated heterocycles. The second-order valence-corrected chi connectivity index (χ2v) is 8.04. The van der Waals surface area contributed by atoms with Crippen molar-refractivity contribution in [3.05, 3.63) is 83.2 Å². The van der Waals surface area contributed by atoms with Crippen LogP contribution in [0.25, 0.3) is 17.1 Å². The van der Waals surface area contributed by atoms with Gasteiger partial charge in [0.15, 0.2) is 11.0 Å². The van der Waals surface area contributed by atoms with E-state index in [1.54, 1.807) is 30.5 Å². The van der Waals surface area contributed by atoms with E-state index in [9.17, 15) is 9.18 Å². The normalized spacial score (nSPS) is 10.7. The van der Waals surface area contributed by atoms with Crippen molar-refractivity contribution in [1.82, 2.24) is 19.7 Å². The zero-order valence-electron chi connectivity index (χ0n) is 15.5. The molecule has 0 atom stereocenters. The van der Waals surface area contributed by atoms with Crippen molar-refractivity contribution in [3.8, 4) is 17.1 Å². The number of carbonyl (C=O) groups is 1. The molecule has 0 unspecified atom stereocenters. The average molecular weight is 484 g/mol. The van der Waals surface area contributed by atoms with Crippen LogP contribution in [0.4, 0.5) is 10.2 Å². The third kappa shape index (κ3) is 4.74. The number of halogens is 2. The largest absolute Gasteiger partial charge is 0.310 e. The first-order chi connectivity index (χ1) is 14.6. The van der Waals surface area contributed by atoms with Crippen LogP contribution in [-0.2, 0) is 4.79 Å². The Bertz CT molecular complexity index is 1150. The van der Waals surface area contributed by atoms with Crippen LogP contribution in [-0.4, -0.2) is 31.4 Å². The van der Waals surface area contributed by atoms with E-state index in [-0.39, 0.29) is 17.5 Å². The zero-order chi connectivity index (χ0) is 20.9. The summed E-state index contributed by atoms with van der Waals surface area (Å²) in [6.07, 6.45) is 1.61. The van der Waals surface area contributed by atoms with Gasteiger partial charge in [-0.05, 0) is 64.5 Å². The SMILES string of the molecule is O=C(CSc1nnc(-c2ccc(F)cc2)n1-c1ccccc1)Nc1ccc(Br)cn1. The molecule has 1 amide bonds. The minimum atomic E-state index is -0.322. The van der Waals surface area contributed by atoms with Crippen molar-refractivity contribution in [1.29, 1.82) is 0 Å². The smallest absolute Gasteiger partial charge is 0.236 e. The van der Waals surface area contributed by atoms with Gasteiger partial charge in [-0.2, -0.15) is 0 Å². The minimum absolute atomic E-state index is 0.131. The summed E-state index contributed by atoms with van der Waals surface area (Å²) in [7, 11) is 0. The summed E-state index contributed by atoms with van der Waals surface area (Å²) in [5.74, 6) is 0.642. The van der Waals surface area contributed by atoms with Crippen LogP contribution in [0.15, 0.2) is 82.6 Å². The summed E-state index contributed by atoms with van der Waals surface area (Å²) < 4.78 is 16.0. The summed E-state index contributed by atoms with van der Waals surface area (Å²) in [5, 5.41) is 11.9. The summed E-state index contributed by atoms with van der Waals surface area (Å²) in [6.45, 7) is 0. The molecule has 2 heterocycles. The molecule has 0 fully saturated rings. The minimum Gasteiger partial charge on any atom is -0.310 e. The maximum Gasteiger partial charge on any atom is 0.236 e. The molecule has 30 heavy (non-hydrogen) atoms. The van der Waals surface area contributed by atoms with Gasteiger partial charge in [-0.1, -0.05) is 30.0 Å². The molecule has 4 aromatic rings. The molecule has 4 rings (SSSR count). The number of hydrogen-bond donors (Lipinski definition) is 1. The Morgan fingerprint density at radius 2 is 1.80 bits per heavy atom. The van der Waals surface area contributed by atoms with E-state index in [1.165, 1.54) is 23.9 Å². The first kappa shape index (κ1) is 20.2. The first-order valence-electron chi connectivity index (χ1n) is 8.91. The maximum atomic E-state index is 13.3. The second-order valence-electron chi connectivity index (χ2n) is 6.18. The lowest BCUT2D eigenvalue weighted by Gasteiger charge is -2.10. The van der Waals surface area contributed by atoms with Crippen LogP contribution in [0, 0.1) is 5.82 Å². The summed E-state index contributed by atoms with van der Waals surface area (Å²) in [6, 6.07) is 19.2.